The van der Waals surface area contributed by atoms with Crippen LogP contribution in [0.4, 0.5) is 5.69 Å². The number of anilines is 1. The van der Waals surface area contributed by atoms with E-state index in [0.29, 0.717) is 24.1 Å². The van der Waals surface area contributed by atoms with Crippen molar-refractivity contribution in [1.82, 2.24) is 9.55 Å². The van der Waals surface area contributed by atoms with E-state index >= 15 is 0 Å². The van der Waals surface area contributed by atoms with Crippen molar-refractivity contribution in [3.05, 3.63) is 50.0 Å². The molecule has 0 amide bonds. The van der Waals surface area contributed by atoms with Gasteiger partial charge in [0.15, 0.2) is 0 Å². The maximum Gasteiger partial charge on any atom is 0.317 e. The van der Waals surface area contributed by atoms with Crippen LogP contribution in [0.15, 0.2) is 38.8 Å². The molecule has 0 saturated heterocycles. The topological polar surface area (TPSA) is 95.4 Å². The fourth-order valence-electron chi connectivity index (χ4n) is 3.03. The quantitative estimate of drug-likeness (QED) is 0.619. The number of H-pyrrole nitrogens is 1. The molecule has 1 unspecified atom stereocenters. The van der Waals surface area contributed by atoms with E-state index in [2.05, 4.69) is 27.5 Å². The van der Waals surface area contributed by atoms with Gasteiger partial charge in [0.2, 0.25) is 0 Å². The van der Waals surface area contributed by atoms with Crippen molar-refractivity contribution in [2.75, 3.05) is 18.0 Å². The summed E-state index contributed by atoms with van der Waals surface area (Å²) in [5.41, 5.74) is 0.296. The Bertz CT molecular complexity index is 931. The monoisotopic (exact) mass is 379 g/mol. The Morgan fingerprint density at radius 2 is 2.22 bits per heavy atom. The number of aliphatic carboxylic acids is 1. The van der Waals surface area contributed by atoms with Gasteiger partial charge in [0.25, 0.3) is 0 Å². The average Bonchev–Trinajstić information content (AvgIpc) is 2.46. The predicted molar refractivity (Wildman–Crippen MR) is 90.2 cm³/mol. The third-order valence-corrected chi connectivity index (χ3v) is 4.31. The second-order valence-corrected chi connectivity index (χ2v) is 6.31. The molecule has 2 aromatic rings. The molecule has 0 radical (unpaired) electrons. The molecule has 1 aliphatic rings. The zero-order chi connectivity index (χ0) is 16.7. The zero-order valence-corrected chi connectivity index (χ0v) is 13.7. The van der Waals surface area contributed by atoms with Crippen LogP contribution in [0.2, 0.25) is 0 Å². The number of hydrogen-bond acceptors (Lipinski definition) is 4. The summed E-state index contributed by atoms with van der Waals surface area (Å²) in [5, 5.41) is 9.14. The van der Waals surface area contributed by atoms with E-state index in [-0.39, 0.29) is 6.42 Å². The molecule has 0 bridgehead atoms. The molecule has 3 rings (SSSR count). The first-order valence-electron chi connectivity index (χ1n) is 6.98. The molecule has 1 aromatic carbocycles. The van der Waals surface area contributed by atoms with Gasteiger partial charge in [-0.1, -0.05) is 22.0 Å². The average molecular weight is 380 g/mol. The molecule has 2 heterocycles. The number of aromatic nitrogens is 2. The molecular formula is C15H14BrN3O4. The SMILES string of the molecule is C=CCN1CC(CC(=O)O)n2c(=O)c(=O)[nH]c3cc(Br)cc1c32. The first-order chi connectivity index (χ1) is 10.9. The Balaban J connectivity index is 2.40. The number of carboxylic acid groups (broad SMARTS) is 1. The van der Waals surface area contributed by atoms with Gasteiger partial charge >= 0.3 is 17.1 Å². The van der Waals surface area contributed by atoms with Gasteiger partial charge in [-0.3, -0.25) is 19.0 Å². The Hall–Kier alpha value is -2.35. The number of nitrogens with zero attached hydrogens (tertiary/aromatic N) is 2. The van der Waals surface area contributed by atoms with Crippen molar-refractivity contribution in [3.63, 3.8) is 0 Å². The minimum absolute atomic E-state index is 0.235. The zero-order valence-electron chi connectivity index (χ0n) is 12.1. The summed E-state index contributed by atoms with van der Waals surface area (Å²) in [5.74, 6) is -1.02. The van der Waals surface area contributed by atoms with Crippen molar-refractivity contribution < 1.29 is 9.90 Å². The molecule has 23 heavy (non-hydrogen) atoms. The van der Waals surface area contributed by atoms with Crippen molar-refractivity contribution in [3.8, 4) is 0 Å². The van der Waals surface area contributed by atoms with E-state index in [1.165, 1.54) is 4.57 Å². The maximum absolute atomic E-state index is 12.3. The molecule has 120 valence electrons. The fraction of sp³-hybridized carbons (Fsp3) is 0.267. The van der Waals surface area contributed by atoms with Gasteiger partial charge in [-0.25, -0.2) is 0 Å². The van der Waals surface area contributed by atoms with E-state index in [9.17, 15) is 14.4 Å². The molecule has 1 aromatic heterocycles. The minimum atomic E-state index is -1.02. The van der Waals surface area contributed by atoms with Crippen molar-refractivity contribution >= 4 is 38.6 Å². The van der Waals surface area contributed by atoms with Crippen LogP contribution in [0.25, 0.3) is 11.0 Å². The molecule has 0 aliphatic carbocycles. The summed E-state index contributed by atoms with van der Waals surface area (Å²) < 4.78 is 2.07. The lowest BCUT2D eigenvalue weighted by atomic mass is 10.1. The van der Waals surface area contributed by atoms with E-state index < -0.39 is 23.1 Å². The summed E-state index contributed by atoms with van der Waals surface area (Å²) in [6.45, 7) is 4.55. The number of halogens is 1. The Labute approximate surface area is 139 Å². The molecule has 2 N–H and O–H groups in total. The summed E-state index contributed by atoms with van der Waals surface area (Å²) in [6.07, 6.45) is 1.48. The highest BCUT2D eigenvalue weighted by molar-refractivity contribution is 9.10. The molecule has 0 saturated carbocycles. The highest BCUT2D eigenvalue weighted by Gasteiger charge is 2.30. The highest BCUT2D eigenvalue weighted by atomic mass is 79.9. The van der Waals surface area contributed by atoms with Gasteiger partial charge in [0.05, 0.1) is 29.2 Å². The molecular weight excluding hydrogens is 366 g/mol. The standard InChI is InChI=1S/C15H14BrN3O4/c1-2-3-18-7-9(6-12(20)21)19-13-10(17-14(22)15(19)23)4-8(16)5-11(13)18/h2,4-5,9H,1,3,6-7H2,(H,17,22)(H,20,21). The molecule has 8 heteroatoms. The third-order valence-electron chi connectivity index (χ3n) is 3.85. The first kappa shape index (κ1) is 15.5. The van der Waals surface area contributed by atoms with Crippen molar-refractivity contribution in [2.24, 2.45) is 0 Å². The van der Waals surface area contributed by atoms with E-state index in [1.54, 1.807) is 12.1 Å². The lowest BCUT2D eigenvalue weighted by molar-refractivity contribution is -0.137. The summed E-state index contributed by atoms with van der Waals surface area (Å²) in [6, 6.07) is 2.93. The number of hydrogen-bond donors (Lipinski definition) is 2. The van der Waals surface area contributed by atoms with Gasteiger partial charge in [-0.2, -0.15) is 0 Å². The smallest absolute Gasteiger partial charge is 0.317 e. The van der Waals surface area contributed by atoms with Crippen LogP contribution in [0.5, 0.6) is 0 Å². The van der Waals surface area contributed by atoms with Gasteiger partial charge in [-0.05, 0) is 12.1 Å². The van der Waals surface area contributed by atoms with Gasteiger partial charge in [0.1, 0.15) is 0 Å². The summed E-state index contributed by atoms with van der Waals surface area (Å²) >= 11 is 3.39. The Kier molecular flexibility index (Phi) is 3.85. The highest BCUT2D eigenvalue weighted by Crippen LogP contribution is 2.35. The van der Waals surface area contributed by atoms with Crippen LogP contribution < -0.4 is 16.0 Å². The lowest BCUT2D eigenvalue weighted by Gasteiger charge is -2.36. The number of benzene rings is 1. The van der Waals surface area contributed by atoms with E-state index in [4.69, 9.17) is 5.11 Å². The van der Waals surface area contributed by atoms with Crippen LogP contribution in [-0.2, 0) is 4.79 Å². The fourth-order valence-corrected chi connectivity index (χ4v) is 3.48. The molecule has 0 spiro atoms. The van der Waals surface area contributed by atoms with Crippen LogP contribution in [0.3, 0.4) is 0 Å². The number of nitrogens with one attached hydrogen (secondary N) is 1. The van der Waals surface area contributed by atoms with E-state index in [0.717, 1.165) is 10.2 Å². The molecule has 0 fully saturated rings. The van der Waals surface area contributed by atoms with Crippen molar-refractivity contribution in [1.29, 1.82) is 0 Å². The van der Waals surface area contributed by atoms with E-state index in [1.807, 2.05) is 11.0 Å². The van der Waals surface area contributed by atoms with Crippen LogP contribution >= 0.6 is 15.9 Å². The first-order valence-corrected chi connectivity index (χ1v) is 7.77. The maximum atomic E-state index is 12.3. The molecule has 7 nitrogen and oxygen atoms in total. The number of rotatable bonds is 4. The number of aromatic amines is 1. The Morgan fingerprint density at radius 1 is 1.48 bits per heavy atom. The second kappa shape index (κ2) is 5.69. The van der Waals surface area contributed by atoms with Gasteiger partial charge in [-0.15, -0.1) is 6.58 Å². The van der Waals surface area contributed by atoms with Crippen LogP contribution in [0, 0.1) is 0 Å². The normalized spacial score (nSPS) is 16.6. The summed E-state index contributed by atoms with van der Waals surface area (Å²) in [7, 11) is 0. The van der Waals surface area contributed by atoms with Crippen LogP contribution in [-0.4, -0.2) is 33.7 Å². The Morgan fingerprint density at radius 3 is 2.87 bits per heavy atom. The predicted octanol–water partition coefficient (Wildman–Crippen LogP) is 1.47. The molecule has 1 aliphatic heterocycles. The largest absolute Gasteiger partial charge is 0.481 e. The van der Waals surface area contributed by atoms with Gasteiger partial charge < -0.3 is 15.0 Å². The lowest BCUT2D eigenvalue weighted by Crippen LogP contribution is -2.46. The van der Waals surface area contributed by atoms with Gasteiger partial charge in [0, 0.05) is 17.6 Å². The molecule has 1 atom stereocenters. The third kappa shape index (κ3) is 2.59. The second-order valence-electron chi connectivity index (χ2n) is 5.40. The summed E-state index contributed by atoms with van der Waals surface area (Å²) in [4.78, 5) is 39.9. The number of carbonyl (C=O) groups is 1. The minimum Gasteiger partial charge on any atom is -0.481 e. The van der Waals surface area contributed by atoms with Crippen LogP contribution in [0.1, 0.15) is 12.5 Å². The number of carboxylic acids is 1. The van der Waals surface area contributed by atoms with Crippen molar-refractivity contribution in [2.45, 2.75) is 12.5 Å².